The van der Waals surface area contributed by atoms with Crippen molar-refractivity contribution in [2.45, 2.75) is 39.3 Å². The maximum atomic E-state index is 14.1. The van der Waals surface area contributed by atoms with Crippen molar-refractivity contribution in [3.05, 3.63) is 87.0 Å². The van der Waals surface area contributed by atoms with Crippen LogP contribution < -0.4 is 15.0 Å². The van der Waals surface area contributed by atoms with Crippen molar-refractivity contribution < 1.29 is 23.8 Å². The Kier molecular flexibility index (Phi) is 7.69. The SMILES string of the molecule is CCC(Oc1ccccc1F)C(=O)c1c(C)c(C#N)c(=O)n(CCc2ccc(OC)cc2)c1O. The van der Waals surface area contributed by atoms with Gasteiger partial charge in [-0.25, -0.2) is 4.39 Å². The van der Waals surface area contributed by atoms with E-state index in [1.165, 1.54) is 25.1 Å². The molecule has 3 aromatic rings. The van der Waals surface area contributed by atoms with E-state index in [9.17, 15) is 24.3 Å². The first-order valence-corrected chi connectivity index (χ1v) is 10.8. The van der Waals surface area contributed by atoms with E-state index in [4.69, 9.17) is 9.47 Å². The van der Waals surface area contributed by atoms with Crippen molar-refractivity contribution in [3.63, 3.8) is 0 Å². The van der Waals surface area contributed by atoms with E-state index in [0.29, 0.717) is 12.2 Å². The Balaban J connectivity index is 1.99. The van der Waals surface area contributed by atoms with Gasteiger partial charge in [0.25, 0.3) is 5.56 Å². The lowest BCUT2D eigenvalue weighted by molar-refractivity contribution is 0.0774. The number of aromatic hydroxyl groups is 1. The summed E-state index contributed by atoms with van der Waals surface area (Å²) in [5.74, 6) is -1.24. The van der Waals surface area contributed by atoms with Crippen molar-refractivity contribution in [2.75, 3.05) is 7.11 Å². The third-order valence-electron chi connectivity index (χ3n) is 5.60. The molecule has 1 unspecified atom stereocenters. The number of carbonyl (C=O) groups is 1. The molecule has 0 saturated carbocycles. The number of pyridine rings is 1. The molecule has 0 fully saturated rings. The summed E-state index contributed by atoms with van der Waals surface area (Å²) in [6.07, 6.45) is -0.582. The quantitative estimate of drug-likeness (QED) is 0.477. The van der Waals surface area contributed by atoms with E-state index in [-0.39, 0.29) is 35.4 Å². The molecule has 2 aromatic carbocycles. The molecule has 0 aliphatic heterocycles. The van der Waals surface area contributed by atoms with Crippen molar-refractivity contribution >= 4 is 5.78 Å². The summed E-state index contributed by atoms with van der Waals surface area (Å²) in [4.78, 5) is 26.2. The number of rotatable bonds is 9. The first-order chi connectivity index (χ1) is 16.3. The molecular formula is C26H25FN2O5. The normalized spacial score (nSPS) is 11.5. The van der Waals surface area contributed by atoms with Crippen molar-refractivity contribution in [1.29, 1.82) is 5.26 Å². The Morgan fingerprint density at radius 3 is 2.47 bits per heavy atom. The average molecular weight is 464 g/mol. The second-order valence-electron chi connectivity index (χ2n) is 7.67. The Bertz CT molecular complexity index is 1290. The molecular weight excluding hydrogens is 439 g/mol. The van der Waals surface area contributed by atoms with Gasteiger partial charge in [0, 0.05) is 6.54 Å². The maximum Gasteiger partial charge on any atom is 0.271 e. The van der Waals surface area contributed by atoms with Gasteiger partial charge in [-0.2, -0.15) is 5.26 Å². The number of hydrogen-bond acceptors (Lipinski definition) is 6. The minimum absolute atomic E-state index is 0.0389. The first-order valence-electron chi connectivity index (χ1n) is 10.8. The average Bonchev–Trinajstić information content (AvgIpc) is 2.84. The van der Waals surface area contributed by atoms with Crippen molar-refractivity contribution in [3.8, 4) is 23.4 Å². The number of hydrogen-bond donors (Lipinski definition) is 1. The fourth-order valence-corrected chi connectivity index (χ4v) is 3.66. The van der Waals surface area contributed by atoms with E-state index in [2.05, 4.69) is 0 Å². The van der Waals surface area contributed by atoms with Crippen LogP contribution >= 0.6 is 0 Å². The van der Waals surface area contributed by atoms with Gasteiger partial charge in [-0.3, -0.25) is 14.2 Å². The minimum Gasteiger partial charge on any atom is -0.497 e. The van der Waals surface area contributed by atoms with Crippen LogP contribution in [-0.2, 0) is 13.0 Å². The van der Waals surface area contributed by atoms with Crippen LogP contribution in [0.1, 0.15) is 40.4 Å². The molecule has 176 valence electrons. The van der Waals surface area contributed by atoms with Gasteiger partial charge in [0.15, 0.2) is 17.7 Å². The molecule has 1 N–H and O–H groups in total. The lowest BCUT2D eigenvalue weighted by atomic mass is 9.97. The molecule has 1 aromatic heterocycles. The number of carbonyl (C=O) groups excluding carboxylic acids is 1. The highest BCUT2D eigenvalue weighted by atomic mass is 19.1. The smallest absolute Gasteiger partial charge is 0.271 e. The predicted octanol–water partition coefficient (Wildman–Crippen LogP) is 4.16. The second kappa shape index (κ2) is 10.7. The fraction of sp³-hybridized carbons (Fsp3) is 0.269. The monoisotopic (exact) mass is 464 g/mol. The molecule has 1 atom stereocenters. The van der Waals surface area contributed by atoms with Gasteiger partial charge < -0.3 is 14.6 Å². The first kappa shape index (κ1) is 24.5. The third-order valence-corrected chi connectivity index (χ3v) is 5.60. The van der Waals surface area contributed by atoms with Crippen molar-refractivity contribution in [2.24, 2.45) is 0 Å². The van der Waals surface area contributed by atoms with Gasteiger partial charge in [0.1, 0.15) is 17.4 Å². The summed E-state index contributed by atoms with van der Waals surface area (Å²) < 4.78 is 25.8. The highest BCUT2D eigenvalue weighted by molar-refractivity contribution is 6.03. The summed E-state index contributed by atoms with van der Waals surface area (Å²) in [5.41, 5.74) is -0.184. The van der Waals surface area contributed by atoms with Crippen LogP contribution in [0.4, 0.5) is 4.39 Å². The standard InChI is InChI=1S/C26H25FN2O5/c1-4-21(34-22-8-6-5-7-20(22)27)24(30)23-16(2)19(15-28)25(31)29(26(23)32)14-13-17-9-11-18(33-3)12-10-17/h5-12,21,32H,4,13-14H2,1-3H3. The number of aromatic nitrogens is 1. The van der Waals surface area contributed by atoms with Gasteiger partial charge in [0.05, 0.1) is 12.7 Å². The molecule has 0 radical (unpaired) electrons. The second-order valence-corrected chi connectivity index (χ2v) is 7.67. The Labute approximate surface area is 196 Å². The van der Waals surface area contributed by atoms with Gasteiger partial charge in [-0.1, -0.05) is 31.2 Å². The number of para-hydroxylation sites is 1. The van der Waals surface area contributed by atoms with Crippen LogP contribution in [0.2, 0.25) is 0 Å². The van der Waals surface area contributed by atoms with Gasteiger partial charge >= 0.3 is 0 Å². The lowest BCUT2D eigenvalue weighted by Crippen LogP contribution is -2.32. The molecule has 0 aliphatic carbocycles. The lowest BCUT2D eigenvalue weighted by Gasteiger charge is -2.20. The molecule has 0 bridgehead atoms. The van der Waals surface area contributed by atoms with E-state index < -0.39 is 29.1 Å². The highest BCUT2D eigenvalue weighted by Gasteiger charge is 2.30. The molecule has 0 amide bonds. The molecule has 0 aliphatic rings. The molecule has 3 rings (SSSR count). The topological polar surface area (TPSA) is 102 Å². The highest BCUT2D eigenvalue weighted by Crippen LogP contribution is 2.27. The molecule has 7 nitrogen and oxygen atoms in total. The molecule has 34 heavy (non-hydrogen) atoms. The number of nitriles is 1. The molecule has 8 heteroatoms. The van der Waals surface area contributed by atoms with E-state index in [1.54, 1.807) is 32.2 Å². The van der Waals surface area contributed by atoms with Crippen LogP contribution in [0.5, 0.6) is 17.4 Å². The largest absolute Gasteiger partial charge is 0.497 e. The van der Waals surface area contributed by atoms with Crippen LogP contribution in [0.15, 0.2) is 53.3 Å². The Morgan fingerprint density at radius 2 is 1.88 bits per heavy atom. The number of ketones is 1. The van der Waals surface area contributed by atoms with Crippen LogP contribution in [-0.4, -0.2) is 28.7 Å². The number of methoxy groups -OCH3 is 1. The van der Waals surface area contributed by atoms with Gasteiger partial charge in [-0.05, 0) is 55.2 Å². The summed E-state index contributed by atoms with van der Waals surface area (Å²) in [6.45, 7) is 3.15. The van der Waals surface area contributed by atoms with Gasteiger partial charge in [0.2, 0.25) is 11.7 Å². The van der Waals surface area contributed by atoms with Crippen LogP contribution in [0, 0.1) is 24.1 Å². The van der Waals surface area contributed by atoms with E-state index in [0.717, 1.165) is 10.1 Å². The number of benzene rings is 2. The van der Waals surface area contributed by atoms with E-state index >= 15 is 0 Å². The molecule has 0 saturated heterocycles. The maximum absolute atomic E-state index is 14.1. The summed E-state index contributed by atoms with van der Waals surface area (Å²) in [5, 5.41) is 20.5. The zero-order chi connectivity index (χ0) is 24.8. The molecule has 0 spiro atoms. The summed E-state index contributed by atoms with van der Waals surface area (Å²) >= 11 is 0. The fourth-order valence-electron chi connectivity index (χ4n) is 3.66. The van der Waals surface area contributed by atoms with Crippen molar-refractivity contribution in [1.82, 2.24) is 4.57 Å². The summed E-state index contributed by atoms with van der Waals surface area (Å²) in [6, 6.07) is 14.7. The zero-order valence-electron chi connectivity index (χ0n) is 19.2. The van der Waals surface area contributed by atoms with Crippen LogP contribution in [0.3, 0.4) is 0 Å². The Morgan fingerprint density at radius 1 is 1.21 bits per heavy atom. The van der Waals surface area contributed by atoms with Crippen LogP contribution in [0.25, 0.3) is 0 Å². The number of Topliss-reactive ketones (excluding diaryl/α,β-unsaturated/α-hetero) is 1. The number of ether oxygens (including phenoxy) is 2. The number of aryl methyl sites for hydroxylation is 1. The van der Waals surface area contributed by atoms with E-state index in [1.807, 2.05) is 18.2 Å². The molecule has 1 heterocycles. The number of nitrogens with zero attached hydrogens (tertiary/aromatic N) is 2. The Hall–Kier alpha value is -4.12. The summed E-state index contributed by atoms with van der Waals surface area (Å²) in [7, 11) is 1.56. The minimum atomic E-state index is -1.12. The predicted molar refractivity (Wildman–Crippen MR) is 124 cm³/mol. The van der Waals surface area contributed by atoms with Gasteiger partial charge in [-0.15, -0.1) is 0 Å². The zero-order valence-corrected chi connectivity index (χ0v) is 19.2. The number of halogens is 1. The third kappa shape index (κ3) is 4.94.